The van der Waals surface area contributed by atoms with Crippen molar-refractivity contribution in [3.8, 4) is 6.07 Å². The van der Waals surface area contributed by atoms with Crippen molar-refractivity contribution in [2.75, 3.05) is 11.9 Å². The lowest BCUT2D eigenvalue weighted by molar-refractivity contribution is -0.0225. The smallest absolute Gasteiger partial charge is 0.248 e. The third-order valence-electron chi connectivity index (χ3n) is 5.50. The van der Waals surface area contributed by atoms with Crippen LogP contribution in [0.25, 0.3) is 0 Å². The summed E-state index contributed by atoms with van der Waals surface area (Å²) in [5, 5.41) is 18.0. The Hall–Kier alpha value is -1.59. The zero-order valence-corrected chi connectivity index (χ0v) is 18.2. The SMILES string of the molecule is CC(C)(C[C@@H](C#N)CCC(F)(F)CCCCc1ccc2c(n1)NCCC2)S(N)=O. The molecule has 29 heavy (non-hydrogen) atoms. The highest BCUT2D eigenvalue weighted by atomic mass is 32.2. The van der Waals surface area contributed by atoms with Crippen LogP contribution in [0.4, 0.5) is 14.6 Å². The molecule has 5 nitrogen and oxygen atoms in total. The Labute approximate surface area is 175 Å². The number of anilines is 1. The van der Waals surface area contributed by atoms with E-state index >= 15 is 0 Å². The number of nitrogens with zero attached hydrogens (tertiary/aromatic N) is 2. The number of halogens is 2. The van der Waals surface area contributed by atoms with Crippen LogP contribution in [-0.2, 0) is 23.8 Å². The Morgan fingerprint density at radius 2 is 2.10 bits per heavy atom. The van der Waals surface area contributed by atoms with Gasteiger partial charge in [0.25, 0.3) is 0 Å². The van der Waals surface area contributed by atoms with Crippen LogP contribution in [0.15, 0.2) is 12.1 Å². The van der Waals surface area contributed by atoms with Crippen molar-refractivity contribution >= 4 is 16.8 Å². The molecule has 2 rings (SSSR count). The summed E-state index contributed by atoms with van der Waals surface area (Å²) in [5.74, 6) is -2.44. The van der Waals surface area contributed by atoms with Gasteiger partial charge in [-0.05, 0) is 70.4 Å². The molecule has 0 aliphatic carbocycles. The second-order valence-electron chi connectivity index (χ2n) is 8.53. The summed E-state index contributed by atoms with van der Waals surface area (Å²) in [7, 11) is -1.60. The van der Waals surface area contributed by atoms with E-state index in [2.05, 4.69) is 22.4 Å². The van der Waals surface area contributed by atoms with E-state index in [1.165, 1.54) is 5.56 Å². The molecule has 1 aromatic heterocycles. The highest BCUT2D eigenvalue weighted by Crippen LogP contribution is 2.32. The van der Waals surface area contributed by atoms with Crippen molar-refractivity contribution in [3.05, 3.63) is 23.4 Å². The highest BCUT2D eigenvalue weighted by molar-refractivity contribution is 7.84. The van der Waals surface area contributed by atoms with Crippen molar-refractivity contribution in [1.82, 2.24) is 4.98 Å². The lowest BCUT2D eigenvalue weighted by Gasteiger charge is -2.25. The Morgan fingerprint density at radius 3 is 2.79 bits per heavy atom. The van der Waals surface area contributed by atoms with E-state index in [1.54, 1.807) is 13.8 Å². The molecule has 8 heteroatoms. The van der Waals surface area contributed by atoms with Crippen molar-refractivity contribution < 1.29 is 13.0 Å². The minimum absolute atomic E-state index is 0.0855. The molecule has 0 bridgehead atoms. The first-order valence-corrected chi connectivity index (χ1v) is 11.5. The number of alkyl halides is 2. The Bertz CT molecular complexity index is 749. The molecule has 0 radical (unpaired) electrons. The Balaban J connectivity index is 1.73. The number of pyridine rings is 1. The normalized spacial score (nSPS) is 16.4. The predicted octanol–water partition coefficient (Wildman–Crippen LogP) is 4.50. The third kappa shape index (κ3) is 7.63. The molecule has 0 spiro atoms. The molecular formula is C21H32F2N4OS. The third-order valence-corrected chi connectivity index (χ3v) is 6.76. The zero-order chi connectivity index (χ0) is 21.5. The maximum atomic E-state index is 14.2. The molecule has 1 aliphatic heterocycles. The molecule has 1 aliphatic rings. The first kappa shape index (κ1) is 23.7. The highest BCUT2D eigenvalue weighted by Gasteiger charge is 2.32. The van der Waals surface area contributed by atoms with Gasteiger partial charge in [0.1, 0.15) is 5.82 Å². The van der Waals surface area contributed by atoms with E-state index in [4.69, 9.17) is 5.14 Å². The lowest BCUT2D eigenvalue weighted by Crippen LogP contribution is -2.34. The zero-order valence-electron chi connectivity index (χ0n) is 17.3. The van der Waals surface area contributed by atoms with Crippen LogP contribution >= 0.6 is 0 Å². The largest absolute Gasteiger partial charge is 0.370 e. The van der Waals surface area contributed by atoms with Crippen LogP contribution in [-0.4, -0.2) is 26.4 Å². The molecule has 0 saturated carbocycles. The van der Waals surface area contributed by atoms with Crippen LogP contribution < -0.4 is 10.5 Å². The van der Waals surface area contributed by atoms with Crippen LogP contribution in [0.2, 0.25) is 0 Å². The van der Waals surface area contributed by atoms with Gasteiger partial charge in [0.05, 0.1) is 21.8 Å². The molecule has 2 atom stereocenters. The van der Waals surface area contributed by atoms with Crippen molar-refractivity contribution in [1.29, 1.82) is 5.26 Å². The number of fused-ring (bicyclic) bond motifs is 1. The first-order chi connectivity index (χ1) is 13.6. The molecule has 0 saturated heterocycles. The summed E-state index contributed by atoms with van der Waals surface area (Å²) in [6.45, 7) is 4.31. The van der Waals surface area contributed by atoms with Crippen molar-refractivity contribution in [2.45, 2.75) is 82.3 Å². The van der Waals surface area contributed by atoms with Crippen molar-refractivity contribution in [2.24, 2.45) is 11.1 Å². The van der Waals surface area contributed by atoms with Gasteiger partial charge < -0.3 is 5.32 Å². The van der Waals surface area contributed by atoms with Gasteiger partial charge in [-0.2, -0.15) is 5.26 Å². The number of aromatic nitrogens is 1. The fourth-order valence-corrected chi connectivity index (χ4v) is 3.96. The Morgan fingerprint density at radius 1 is 1.34 bits per heavy atom. The number of hydrogen-bond acceptors (Lipinski definition) is 4. The van der Waals surface area contributed by atoms with E-state index in [9.17, 15) is 18.3 Å². The first-order valence-electron chi connectivity index (χ1n) is 10.3. The van der Waals surface area contributed by atoms with Gasteiger partial charge in [0.2, 0.25) is 5.92 Å². The number of nitrogens with one attached hydrogen (secondary N) is 1. The summed E-state index contributed by atoms with van der Waals surface area (Å²) in [6.07, 6.45) is 3.70. The second-order valence-corrected chi connectivity index (χ2v) is 10.2. The number of hydrogen-bond donors (Lipinski definition) is 2. The maximum Gasteiger partial charge on any atom is 0.248 e. The molecule has 1 unspecified atom stereocenters. The monoisotopic (exact) mass is 426 g/mol. The number of nitrogens with two attached hydrogens (primary N) is 1. The van der Waals surface area contributed by atoms with E-state index in [0.717, 1.165) is 30.9 Å². The van der Waals surface area contributed by atoms with Gasteiger partial charge in [0.15, 0.2) is 0 Å². The molecule has 2 heterocycles. The molecule has 162 valence electrons. The molecule has 1 aromatic rings. The van der Waals surface area contributed by atoms with E-state index in [1.807, 2.05) is 6.07 Å². The van der Waals surface area contributed by atoms with Crippen LogP contribution in [0, 0.1) is 17.2 Å². The van der Waals surface area contributed by atoms with Crippen molar-refractivity contribution in [3.63, 3.8) is 0 Å². The van der Waals surface area contributed by atoms with E-state index < -0.39 is 27.6 Å². The fourth-order valence-electron chi connectivity index (χ4n) is 3.60. The number of nitriles is 1. The van der Waals surface area contributed by atoms with Gasteiger partial charge in [-0.1, -0.05) is 6.07 Å². The minimum Gasteiger partial charge on any atom is -0.370 e. The standard InChI is InChI=1S/C21H32F2N4OS/c1-20(2,29(25)28)14-16(15-24)10-12-21(22,23)11-4-3-7-18-9-8-17-6-5-13-26-19(17)27-18/h8-9,16H,3-7,10-14,25H2,1-2H3,(H,26,27)/t16-,29?/m0/s1. The average Bonchev–Trinajstić information content (AvgIpc) is 2.68. The lowest BCUT2D eigenvalue weighted by atomic mass is 9.91. The van der Waals surface area contributed by atoms with Gasteiger partial charge in [-0.15, -0.1) is 0 Å². The second kappa shape index (κ2) is 10.4. The van der Waals surface area contributed by atoms with Gasteiger partial charge >= 0.3 is 0 Å². The number of rotatable bonds is 11. The van der Waals surface area contributed by atoms with Crippen LogP contribution in [0.1, 0.15) is 70.1 Å². The van der Waals surface area contributed by atoms with Gasteiger partial charge in [-0.3, -0.25) is 5.14 Å². The van der Waals surface area contributed by atoms with E-state index in [-0.39, 0.29) is 25.7 Å². The summed E-state index contributed by atoms with van der Waals surface area (Å²) >= 11 is 0. The fraction of sp³-hybridized carbons (Fsp3) is 0.714. The molecule has 0 amide bonds. The number of aryl methyl sites for hydroxylation is 2. The summed E-state index contributed by atoms with van der Waals surface area (Å²) < 4.78 is 39.2. The predicted molar refractivity (Wildman–Crippen MR) is 113 cm³/mol. The Kier molecular flexibility index (Phi) is 8.53. The minimum atomic E-state index is -2.80. The molecule has 0 aromatic carbocycles. The summed E-state index contributed by atoms with van der Waals surface area (Å²) in [4.78, 5) is 4.60. The molecule has 3 N–H and O–H groups in total. The van der Waals surface area contributed by atoms with Crippen LogP contribution in [0.3, 0.4) is 0 Å². The summed E-state index contributed by atoms with van der Waals surface area (Å²) in [6, 6.07) is 6.13. The summed E-state index contributed by atoms with van der Waals surface area (Å²) in [5.41, 5.74) is 2.16. The van der Waals surface area contributed by atoms with E-state index in [0.29, 0.717) is 19.3 Å². The average molecular weight is 427 g/mol. The van der Waals surface area contributed by atoms with Gasteiger partial charge in [0, 0.05) is 31.0 Å². The quantitative estimate of drug-likeness (QED) is 0.510. The van der Waals surface area contributed by atoms with Gasteiger partial charge in [-0.25, -0.2) is 18.0 Å². The van der Waals surface area contributed by atoms with Crippen LogP contribution in [0.5, 0.6) is 0 Å². The molecule has 0 fully saturated rings. The molecular weight excluding hydrogens is 394 g/mol. The maximum absolute atomic E-state index is 14.2. The number of unbranched alkanes of at least 4 members (excludes halogenated alkanes) is 1. The topological polar surface area (TPSA) is 91.8 Å².